The Morgan fingerprint density at radius 2 is 1.76 bits per heavy atom. The molecule has 2 aromatic carbocycles. The summed E-state index contributed by atoms with van der Waals surface area (Å²) in [6, 6.07) is 11.8. The number of rotatable bonds is 5. The molecule has 0 aliphatic heterocycles. The number of benzene rings is 2. The summed E-state index contributed by atoms with van der Waals surface area (Å²) in [4.78, 5) is 11.5. The van der Waals surface area contributed by atoms with Crippen LogP contribution >= 0.6 is 27.5 Å². The van der Waals surface area contributed by atoms with Gasteiger partial charge in [-0.1, -0.05) is 41.9 Å². The van der Waals surface area contributed by atoms with Crippen LogP contribution in [0.1, 0.15) is 11.1 Å². The summed E-state index contributed by atoms with van der Waals surface area (Å²) in [6.45, 7) is 0. The first-order valence-electron chi connectivity index (χ1n) is 6.38. The molecule has 2 nitrogen and oxygen atoms in total. The quantitative estimate of drug-likeness (QED) is 0.825. The number of aliphatic carboxylic acids is 1. The molecule has 2 rings (SSSR count). The summed E-state index contributed by atoms with van der Waals surface area (Å²) in [5.74, 6) is -1.98. The Kier molecular flexibility index (Phi) is 5.37. The average molecular weight is 372 g/mol. The van der Waals surface area contributed by atoms with E-state index < -0.39 is 17.7 Å². The minimum absolute atomic E-state index is 0.235. The summed E-state index contributed by atoms with van der Waals surface area (Å²) in [6.07, 6.45) is 0.539. The van der Waals surface area contributed by atoms with E-state index in [4.69, 9.17) is 11.6 Å². The number of hydrogen-bond donors (Lipinski definition) is 1. The molecule has 1 unspecified atom stereocenters. The van der Waals surface area contributed by atoms with E-state index >= 15 is 0 Å². The lowest BCUT2D eigenvalue weighted by Gasteiger charge is -2.14. The molecule has 0 saturated carbocycles. The van der Waals surface area contributed by atoms with E-state index in [0.717, 1.165) is 5.56 Å². The Hall–Kier alpha value is -1.39. The Labute approximate surface area is 135 Å². The van der Waals surface area contributed by atoms with Crippen LogP contribution in [0.15, 0.2) is 46.9 Å². The Balaban J connectivity index is 2.22. The Morgan fingerprint density at radius 3 is 2.43 bits per heavy atom. The Morgan fingerprint density at radius 1 is 1.14 bits per heavy atom. The van der Waals surface area contributed by atoms with Crippen LogP contribution in [0, 0.1) is 11.7 Å². The molecule has 0 aliphatic rings. The molecule has 1 N–H and O–H groups in total. The lowest BCUT2D eigenvalue weighted by atomic mass is 9.92. The average Bonchev–Trinajstić information content (AvgIpc) is 2.45. The third-order valence-corrected chi connectivity index (χ3v) is 4.53. The molecule has 0 aliphatic carbocycles. The summed E-state index contributed by atoms with van der Waals surface area (Å²) in [7, 11) is 0. The molecular weight excluding hydrogens is 359 g/mol. The van der Waals surface area contributed by atoms with Crippen LogP contribution in [0.5, 0.6) is 0 Å². The van der Waals surface area contributed by atoms with Gasteiger partial charge in [-0.15, -0.1) is 0 Å². The molecule has 2 aromatic rings. The van der Waals surface area contributed by atoms with Gasteiger partial charge in [-0.25, -0.2) is 4.39 Å². The van der Waals surface area contributed by atoms with Crippen LogP contribution in [-0.4, -0.2) is 11.1 Å². The topological polar surface area (TPSA) is 37.3 Å². The predicted octanol–water partition coefficient (Wildman–Crippen LogP) is 4.73. The van der Waals surface area contributed by atoms with E-state index in [-0.39, 0.29) is 6.42 Å². The molecule has 5 heteroatoms. The zero-order valence-electron chi connectivity index (χ0n) is 11.0. The summed E-state index contributed by atoms with van der Waals surface area (Å²) < 4.78 is 13.8. The molecular formula is C16H13BrClFO2. The van der Waals surface area contributed by atoms with Crippen molar-refractivity contribution in [1.29, 1.82) is 0 Å². The van der Waals surface area contributed by atoms with Gasteiger partial charge in [0.15, 0.2) is 0 Å². The second-order valence-corrected chi connectivity index (χ2v) is 5.95. The third-order valence-electron chi connectivity index (χ3n) is 3.27. The van der Waals surface area contributed by atoms with Gasteiger partial charge < -0.3 is 5.11 Å². The van der Waals surface area contributed by atoms with Crippen molar-refractivity contribution in [3.8, 4) is 0 Å². The summed E-state index contributed by atoms with van der Waals surface area (Å²) in [5, 5.41) is 9.94. The smallest absolute Gasteiger partial charge is 0.307 e. The van der Waals surface area contributed by atoms with Crippen molar-refractivity contribution in [2.75, 3.05) is 0 Å². The van der Waals surface area contributed by atoms with Crippen molar-refractivity contribution in [2.45, 2.75) is 12.8 Å². The highest BCUT2D eigenvalue weighted by Crippen LogP contribution is 2.26. The molecule has 0 saturated heterocycles. The van der Waals surface area contributed by atoms with E-state index in [2.05, 4.69) is 15.9 Å². The standard InChI is InChI=1S/C16H13BrClFO2/c17-15-11(5-3-7-14(15)19)9-12(16(20)21)8-10-4-1-2-6-13(10)18/h1-7,12H,8-9H2,(H,20,21). The fourth-order valence-corrected chi connectivity index (χ4v) is 2.79. The monoisotopic (exact) mass is 370 g/mol. The van der Waals surface area contributed by atoms with E-state index in [0.29, 0.717) is 21.5 Å². The van der Waals surface area contributed by atoms with Crippen molar-refractivity contribution >= 4 is 33.5 Å². The van der Waals surface area contributed by atoms with Gasteiger partial charge in [-0.05, 0) is 52.0 Å². The van der Waals surface area contributed by atoms with E-state index in [1.807, 2.05) is 6.07 Å². The van der Waals surface area contributed by atoms with Gasteiger partial charge in [0.05, 0.1) is 10.4 Å². The largest absolute Gasteiger partial charge is 0.481 e. The van der Waals surface area contributed by atoms with Gasteiger partial charge in [0.25, 0.3) is 0 Å². The van der Waals surface area contributed by atoms with Crippen LogP contribution in [0.4, 0.5) is 4.39 Å². The molecule has 0 bridgehead atoms. The number of halogens is 3. The maximum absolute atomic E-state index is 13.5. The van der Waals surface area contributed by atoms with Gasteiger partial charge in [-0.2, -0.15) is 0 Å². The molecule has 110 valence electrons. The number of hydrogen-bond acceptors (Lipinski definition) is 1. The number of carbonyl (C=O) groups is 1. The highest BCUT2D eigenvalue weighted by Gasteiger charge is 2.21. The second kappa shape index (κ2) is 7.05. The van der Waals surface area contributed by atoms with Crippen LogP contribution in [0.25, 0.3) is 0 Å². The maximum atomic E-state index is 13.5. The SMILES string of the molecule is O=C(O)C(Cc1ccccc1Cl)Cc1cccc(F)c1Br. The zero-order valence-corrected chi connectivity index (χ0v) is 13.4. The predicted molar refractivity (Wildman–Crippen MR) is 84.1 cm³/mol. The molecule has 0 fully saturated rings. The third kappa shape index (κ3) is 4.05. The molecule has 0 aromatic heterocycles. The van der Waals surface area contributed by atoms with Gasteiger partial charge in [0, 0.05) is 5.02 Å². The first kappa shape index (κ1) is 16.0. The van der Waals surface area contributed by atoms with E-state index in [1.54, 1.807) is 30.3 Å². The molecule has 0 heterocycles. The zero-order chi connectivity index (χ0) is 15.4. The van der Waals surface area contributed by atoms with Crippen molar-refractivity contribution in [3.63, 3.8) is 0 Å². The first-order chi connectivity index (χ1) is 9.99. The summed E-state index contributed by atoms with van der Waals surface area (Å²) >= 11 is 9.23. The highest BCUT2D eigenvalue weighted by molar-refractivity contribution is 9.10. The minimum Gasteiger partial charge on any atom is -0.481 e. The van der Waals surface area contributed by atoms with Gasteiger partial charge in [0.1, 0.15) is 5.82 Å². The lowest BCUT2D eigenvalue weighted by Crippen LogP contribution is -2.19. The maximum Gasteiger partial charge on any atom is 0.307 e. The van der Waals surface area contributed by atoms with Crippen LogP contribution in [-0.2, 0) is 17.6 Å². The summed E-state index contributed by atoms with van der Waals surface area (Å²) in [5.41, 5.74) is 1.41. The lowest BCUT2D eigenvalue weighted by molar-refractivity contribution is -0.141. The first-order valence-corrected chi connectivity index (χ1v) is 7.55. The van der Waals surface area contributed by atoms with Gasteiger partial charge >= 0.3 is 5.97 Å². The van der Waals surface area contributed by atoms with Crippen molar-refractivity contribution in [2.24, 2.45) is 5.92 Å². The Bertz CT molecular complexity index is 660. The molecule has 0 amide bonds. The van der Waals surface area contributed by atoms with E-state index in [9.17, 15) is 14.3 Å². The van der Waals surface area contributed by atoms with Crippen LogP contribution in [0.3, 0.4) is 0 Å². The highest BCUT2D eigenvalue weighted by atomic mass is 79.9. The number of carboxylic acid groups (broad SMARTS) is 1. The molecule has 21 heavy (non-hydrogen) atoms. The number of carboxylic acids is 1. The van der Waals surface area contributed by atoms with Crippen LogP contribution < -0.4 is 0 Å². The second-order valence-electron chi connectivity index (χ2n) is 4.75. The fraction of sp³-hybridized carbons (Fsp3) is 0.188. The van der Waals surface area contributed by atoms with Crippen molar-refractivity contribution < 1.29 is 14.3 Å². The molecule has 0 spiro atoms. The minimum atomic E-state index is -0.925. The van der Waals surface area contributed by atoms with Crippen LogP contribution in [0.2, 0.25) is 5.02 Å². The van der Waals surface area contributed by atoms with E-state index in [1.165, 1.54) is 6.07 Å². The van der Waals surface area contributed by atoms with Crippen molar-refractivity contribution in [3.05, 3.63) is 68.9 Å². The fourth-order valence-electron chi connectivity index (χ4n) is 2.15. The molecule has 0 radical (unpaired) electrons. The van der Waals surface area contributed by atoms with Crippen molar-refractivity contribution in [1.82, 2.24) is 0 Å². The molecule has 1 atom stereocenters. The van der Waals surface area contributed by atoms with Gasteiger partial charge in [0.2, 0.25) is 0 Å². The normalized spacial score (nSPS) is 12.1. The van der Waals surface area contributed by atoms with Gasteiger partial charge in [-0.3, -0.25) is 4.79 Å².